The van der Waals surface area contributed by atoms with Gasteiger partial charge in [-0.15, -0.1) is 0 Å². The smallest absolute Gasteiger partial charge is 0.271 e. The first kappa shape index (κ1) is 25.3. The van der Waals surface area contributed by atoms with Crippen molar-refractivity contribution in [1.29, 1.82) is 0 Å². The molecule has 34 heavy (non-hydrogen) atoms. The molecule has 8 heteroatoms. The number of hydrogen-bond donors (Lipinski definition) is 2. The molecule has 0 spiro atoms. The summed E-state index contributed by atoms with van der Waals surface area (Å²) in [4.78, 5) is 24.4. The van der Waals surface area contributed by atoms with Gasteiger partial charge in [-0.25, -0.2) is 5.43 Å². The average Bonchev–Trinajstić information content (AvgIpc) is 2.84. The average molecular weight is 498 g/mol. The van der Waals surface area contributed by atoms with Crippen molar-refractivity contribution in [2.75, 3.05) is 11.9 Å². The van der Waals surface area contributed by atoms with E-state index in [0.717, 1.165) is 19.3 Å². The van der Waals surface area contributed by atoms with Crippen molar-refractivity contribution in [3.05, 3.63) is 93.5 Å². The number of nitrogens with one attached hydrogen (secondary N) is 2. The molecule has 0 aliphatic heterocycles. The largest absolute Gasteiger partial charge is 0.484 e. The second-order valence-corrected chi connectivity index (χ2v) is 8.35. The van der Waals surface area contributed by atoms with Crippen LogP contribution in [0.25, 0.3) is 0 Å². The molecule has 6 nitrogen and oxygen atoms in total. The van der Waals surface area contributed by atoms with Crippen LogP contribution in [0.1, 0.15) is 41.3 Å². The zero-order chi connectivity index (χ0) is 24.3. The molecule has 2 N–H and O–H groups in total. The quantitative estimate of drug-likeness (QED) is 0.261. The summed E-state index contributed by atoms with van der Waals surface area (Å²) in [5.74, 6) is -0.141. The minimum absolute atomic E-state index is 0.189. The Balaban J connectivity index is 1.49. The van der Waals surface area contributed by atoms with Crippen molar-refractivity contribution in [1.82, 2.24) is 5.43 Å². The molecular formula is C26H25Cl2N3O3. The maximum absolute atomic E-state index is 12.3. The molecule has 0 fully saturated rings. The molecule has 0 aliphatic rings. The van der Waals surface area contributed by atoms with Gasteiger partial charge in [0, 0.05) is 11.3 Å². The lowest BCUT2D eigenvalue weighted by Crippen LogP contribution is -2.20. The third-order valence-corrected chi connectivity index (χ3v) is 5.59. The number of unbranched alkanes of at least 4 members (excludes halogenated alkanes) is 1. The van der Waals surface area contributed by atoms with Gasteiger partial charge in [0.1, 0.15) is 5.75 Å². The Morgan fingerprint density at radius 2 is 1.79 bits per heavy atom. The van der Waals surface area contributed by atoms with E-state index in [4.69, 9.17) is 27.9 Å². The second kappa shape index (κ2) is 12.8. The minimum atomic E-state index is -0.342. The third-order valence-electron chi connectivity index (χ3n) is 4.85. The Bertz CT molecular complexity index is 1160. The Labute approximate surface area is 208 Å². The van der Waals surface area contributed by atoms with Crippen LogP contribution in [0, 0.1) is 0 Å². The van der Waals surface area contributed by atoms with Crippen molar-refractivity contribution in [2.45, 2.75) is 26.2 Å². The van der Waals surface area contributed by atoms with E-state index in [1.54, 1.807) is 54.6 Å². The van der Waals surface area contributed by atoms with Gasteiger partial charge in [0.2, 0.25) is 0 Å². The first-order chi connectivity index (χ1) is 16.4. The number of anilines is 1. The van der Waals surface area contributed by atoms with Crippen molar-refractivity contribution >= 4 is 46.9 Å². The number of carbonyl (C=O) groups is 2. The number of amides is 2. The number of benzene rings is 3. The molecule has 0 saturated carbocycles. The predicted molar refractivity (Wildman–Crippen MR) is 137 cm³/mol. The van der Waals surface area contributed by atoms with Gasteiger partial charge in [-0.1, -0.05) is 60.8 Å². The van der Waals surface area contributed by atoms with Gasteiger partial charge in [0.25, 0.3) is 11.8 Å². The first-order valence-electron chi connectivity index (χ1n) is 10.8. The van der Waals surface area contributed by atoms with Crippen LogP contribution < -0.4 is 15.5 Å². The normalized spacial score (nSPS) is 10.8. The summed E-state index contributed by atoms with van der Waals surface area (Å²) >= 11 is 11.8. The summed E-state index contributed by atoms with van der Waals surface area (Å²) in [6.45, 7) is 1.96. The van der Waals surface area contributed by atoms with E-state index in [0.29, 0.717) is 32.6 Å². The summed E-state index contributed by atoms with van der Waals surface area (Å²) in [5.41, 5.74) is 5.51. The zero-order valence-electron chi connectivity index (χ0n) is 18.7. The fourth-order valence-corrected chi connectivity index (χ4v) is 3.34. The van der Waals surface area contributed by atoms with E-state index >= 15 is 0 Å². The molecule has 3 rings (SSSR count). The van der Waals surface area contributed by atoms with E-state index < -0.39 is 0 Å². The summed E-state index contributed by atoms with van der Waals surface area (Å²) in [6, 6.07) is 19.4. The molecule has 0 aromatic heterocycles. The lowest BCUT2D eigenvalue weighted by molar-refractivity contribution is -0.118. The number of hydrogen-bond acceptors (Lipinski definition) is 4. The predicted octanol–water partition coefficient (Wildman–Crippen LogP) is 6.12. The Hall–Kier alpha value is -3.35. The molecular weight excluding hydrogens is 473 g/mol. The Kier molecular flexibility index (Phi) is 9.50. The highest BCUT2D eigenvalue weighted by atomic mass is 35.5. The summed E-state index contributed by atoms with van der Waals surface area (Å²) in [6.07, 6.45) is 4.78. The zero-order valence-corrected chi connectivity index (χ0v) is 20.2. The second-order valence-electron chi connectivity index (χ2n) is 7.54. The number of halogens is 2. The van der Waals surface area contributed by atoms with Crippen LogP contribution in [0.15, 0.2) is 71.8 Å². The number of rotatable bonds is 10. The maximum atomic E-state index is 12.3. The van der Waals surface area contributed by atoms with Gasteiger partial charge in [-0.05, 0) is 66.4 Å². The fraction of sp³-hybridized carbons (Fsp3) is 0.192. The summed E-state index contributed by atoms with van der Waals surface area (Å²) in [7, 11) is 0. The highest BCUT2D eigenvalue weighted by Gasteiger charge is 2.07. The monoisotopic (exact) mass is 497 g/mol. The van der Waals surface area contributed by atoms with E-state index in [1.165, 1.54) is 11.8 Å². The van der Waals surface area contributed by atoms with E-state index in [-0.39, 0.29) is 18.4 Å². The van der Waals surface area contributed by atoms with Gasteiger partial charge in [-0.2, -0.15) is 5.10 Å². The number of carbonyl (C=O) groups excluding carboxylic acids is 2. The molecule has 2 amide bonds. The number of ether oxygens (including phenoxy) is 1. The topological polar surface area (TPSA) is 79.8 Å². The van der Waals surface area contributed by atoms with Crippen LogP contribution in [0.3, 0.4) is 0 Å². The van der Waals surface area contributed by atoms with Crippen LogP contribution in [0.2, 0.25) is 10.0 Å². The number of nitrogens with zero attached hydrogens (tertiary/aromatic N) is 1. The van der Waals surface area contributed by atoms with E-state index in [1.807, 2.05) is 12.1 Å². The molecule has 0 unspecified atom stereocenters. The van der Waals surface area contributed by atoms with Gasteiger partial charge in [-0.3, -0.25) is 9.59 Å². The lowest BCUT2D eigenvalue weighted by atomic mass is 10.1. The minimum Gasteiger partial charge on any atom is -0.484 e. The molecule has 0 heterocycles. The Morgan fingerprint density at radius 3 is 2.53 bits per heavy atom. The molecule has 0 aliphatic carbocycles. The van der Waals surface area contributed by atoms with Crippen LogP contribution in [-0.2, 0) is 11.2 Å². The van der Waals surface area contributed by atoms with Crippen molar-refractivity contribution < 1.29 is 14.3 Å². The Morgan fingerprint density at radius 1 is 1.00 bits per heavy atom. The van der Waals surface area contributed by atoms with E-state index in [9.17, 15) is 9.59 Å². The highest BCUT2D eigenvalue weighted by Crippen LogP contribution is 2.25. The van der Waals surface area contributed by atoms with Crippen LogP contribution >= 0.6 is 23.2 Å². The number of aryl methyl sites for hydroxylation is 1. The molecule has 3 aromatic carbocycles. The molecule has 0 saturated heterocycles. The summed E-state index contributed by atoms with van der Waals surface area (Å²) < 4.78 is 5.55. The molecule has 0 bridgehead atoms. The van der Waals surface area contributed by atoms with Crippen molar-refractivity contribution in [3.63, 3.8) is 0 Å². The van der Waals surface area contributed by atoms with Crippen LogP contribution in [0.5, 0.6) is 5.75 Å². The SMILES string of the molecule is CCCCc1ccc(C(=O)N/N=C/c2cccc(OCC(=O)Nc3ccc(Cl)c(Cl)c3)c2)cc1. The van der Waals surface area contributed by atoms with Gasteiger partial charge in [0.15, 0.2) is 6.61 Å². The van der Waals surface area contributed by atoms with Crippen molar-refractivity contribution in [2.24, 2.45) is 5.10 Å². The maximum Gasteiger partial charge on any atom is 0.271 e. The van der Waals surface area contributed by atoms with Gasteiger partial charge in [0.05, 0.1) is 16.3 Å². The molecule has 0 atom stereocenters. The van der Waals surface area contributed by atoms with Gasteiger partial charge >= 0.3 is 0 Å². The molecule has 176 valence electrons. The lowest BCUT2D eigenvalue weighted by Gasteiger charge is -2.08. The number of hydrazone groups is 1. The van der Waals surface area contributed by atoms with E-state index in [2.05, 4.69) is 22.8 Å². The molecule has 0 radical (unpaired) electrons. The van der Waals surface area contributed by atoms with Crippen molar-refractivity contribution in [3.8, 4) is 5.75 Å². The van der Waals surface area contributed by atoms with Crippen LogP contribution in [0.4, 0.5) is 5.69 Å². The standard InChI is InChI=1S/C26H25Cl2N3O3/c1-2-3-5-18-8-10-20(11-9-18)26(33)31-29-16-19-6-4-7-22(14-19)34-17-25(32)30-21-12-13-23(27)24(28)15-21/h4,6-16H,2-3,5,17H2,1H3,(H,30,32)(H,31,33)/b29-16+. The van der Waals surface area contributed by atoms with Gasteiger partial charge < -0.3 is 10.1 Å². The first-order valence-corrected chi connectivity index (χ1v) is 11.6. The fourth-order valence-electron chi connectivity index (χ4n) is 3.04. The molecule has 3 aromatic rings. The summed E-state index contributed by atoms with van der Waals surface area (Å²) in [5, 5.41) is 7.46. The highest BCUT2D eigenvalue weighted by molar-refractivity contribution is 6.42. The third kappa shape index (κ3) is 7.90. The van der Waals surface area contributed by atoms with Crippen LogP contribution in [-0.4, -0.2) is 24.6 Å².